The Morgan fingerprint density at radius 3 is 2.53 bits per heavy atom. The zero-order valence-electron chi connectivity index (χ0n) is 19.5. The number of hydrogen-bond donors (Lipinski definition) is 3. The van der Waals surface area contributed by atoms with Crippen molar-refractivity contribution in [3.05, 3.63) is 23.3 Å². The minimum absolute atomic E-state index is 0.00757. The predicted octanol–water partition coefficient (Wildman–Crippen LogP) is 2.56. The van der Waals surface area contributed by atoms with Gasteiger partial charge in [0.05, 0.1) is 17.9 Å². The highest BCUT2D eigenvalue weighted by Crippen LogP contribution is 2.71. The number of carbonyl (C=O) groups is 2. The molecule has 5 aliphatic rings. The first-order valence-corrected chi connectivity index (χ1v) is 12.2. The van der Waals surface area contributed by atoms with Crippen molar-refractivity contribution < 1.29 is 29.6 Å². The minimum Gasteiger partial charge on any atom is -0.454 e. The molecule has 8 atom stereocenters. The van der Waals surface area contributed by atoms with Gasteiger partial charge in [0.2, 0.25) is 0 Å². The normalized spacial score (nSPS) is 47.0. The molecular formula is C26H36O6. The molecule has 0 aromatic rings. The van der Waals surface area contributed by atoms with Crippen molar-refractivity contribution in [1.29, 1.82) is 0 Å². The zero-order valence-corrected chi connectivity index (χ0v) is 19.5. The predicted molar refractivity (Wildman–Crippen MR) is 117 cm³/mol. The molecule has 6 heteroatoms. The van der Waals surface area contributed by atoms with Gasteiger partial charge >= 0.3 is 5.97 Å². The van der Waals surface area contributed by atoms with Crippen LogP contribution in [0.4, 0.5) is 0 Å². The number of carbonyl (C=O) groups excluding carboxylic acids is 2. The molecule has 7 unspecified atom stereocenters. The molecule has 2 bridgehead atoms. The second-order valence-electron chi connectivity index (χ2n) is 11.7. The monoisotopic (exact) mass is 444 g/mol. The summed E-state index contributed by atoms with van der Waals surface area (Å²) in [6.45, 7) is 7.62. The average molecular weight is 445 g/mol. The largest absolute Gasteiger partial charge is 0.454 e. The maximum absolute atomic E-state index is 14.2. The summed E-state index contributed by atoms with van der Waals surface area (Å²) in [5.74, 6) is -0.985. The van der Waals surface area contributed by atoms with Crippen LogP contribution in [0.2, 0.25) is 0 Å². The van der Waals surface area contributed by atoms with E-state index in [-0.39, 0.29) is 40.5 Å². The maximum Gasteiger partial charge on any atom is 0.309 e. The van der Waals surface area contributed by atoms with E-state index in [0.717, 1.165) is 32.1 Å². The molecule has 0 aliphatic heterocycles. The van der Waals surface area contributed by atoms with Crippen molar-refractivity contribution in [1.82, 2.24) is 0 Å². The van der Waals surface area contributed by atoms with Crippen LogP contribution in [0, 0.1) is 40.4 Å². The summed E-state index contributed by atoms with van der Waals surface area (Å²) in [6, 6.07) is 0. The number of ether oxygens (including phenoxy) is 1. The van der Waals surface area contributed by atoms with Gasteiger partial charge in [-0.15, -0.1) is 0 Å². The van der Waals surface area contributed by atoms with Crippen molar-refractivity contribution in [2.24, 2.45) is 40.4 Å². The molecule has 0 heterocycles. The number of aliphatic hydroxyl groups is 3. The van der Waals surface area contributed by atoms with Gasteiger partial charge in [-0.2, -0.15) is 0 Å². The molecule has 5 rings (SSSR count). The molecule has 32 heavy (non-hydrogen) atoms. The van der Waals surface area contributed by atoms with E-state index in [9.17, 15) is 24.9 Å². The minimum atomic E-state index is -2.04. The van der Waals surface area contributed by atoms with Crippen LogP contribution in [0.5, 0.6) is 0 Å². The summed E-state index contributed by atoms with van der Waals surface area (Å²) < 4.78 is 5.92. The molecule has 3 saturated carbocycles. The van der Waals surface area contributed by atoms with Crippen LogP contribution in [0.3, 0.4) is 0 Å². The zero-order chi connectivity index (χ0) is 23.2. The highest BCUT2D eigenvalue weighted by molar-refractivity contribution is 5.95. The molecular weight excluding hydrogens is 408 g/mol. The van der Waals surface area contributed by atoms with Crippen molar-refractivity contribution in [2.75, 3.05) is 6.61 Å². The van der Waals surface area contributed by atoms with E-state index in [1.165, 1.54) is 0 Å². The fourth-order valence-corrected chi connectivity index (χ4v) is 7.97. The number of Topliss-reactive ketones (excluding diaryl/α,β-unsaturated/α-hetero) is 1. The molecule has 3 fully saturated rings. The van der Waals surface area contributed by atoms with Gasteiger partial charge in [-0.05, 0) is 60.5 Å². The number of fused-ring (bicyclic) bond motifs is 3. The molecule has 0 aromatic heterocycles. The number of rotatable bonds is 3. The summed E-state index contributed by atoms with van der Waals surface area (Å²) in [5, 5.41) is 33.9. The van der Waals surface area contributed by atoms with Crippen LogP contribution in [0.25, 0.3) is 0 Å². The molecule has 0 radical (unpaired) electrons. The van der Waals surface area contributed by atoms with Crippen LogP contribution in [0.15, 0.2) is 23.3 Å². The summed E-state index contributed by atoms with van der Waals surface area (Å²) in [5.41, 5.74) is -2.56. The Morgan fingerprint density at radius 1 is 1.25 bits per heavy atom. The smallest absolute Gasteiger partial charge is 0.309 e. The fourth-order valence-electron chi connectivity index (χ4n) is 7.97. The van der Waals surface area contributed by atoms with Crippen LogP contribution >= 0.6 is 0 Å². The standard InChI is InChI=1S/C26H36O6/c1-13-11-25-14(2)9-18-19(24(18,3)4)17(21(25)29)10-16(12-27)20(28)26(25,31)22(13)32-23(30)15-7-5-6-8-15/h10-11,14-15,17-20,22,27-28,31H,5-9,12H2,1-4H3/t14-,17?,18?,19?,20?,22?,25?,26?/m1/s1. The van der Waals surface area contributed by atoms with Crippen molar-refractivity contribution in [2.45, 2.75) is 77.6 Å². The van der Waals surface area contributed by atoms with E-state index in [1.807, 2.05) is 6.92 Å². The van der Waals surface area contributed by atoms with Gasteiger partial charge < -0.3 is 20.1 Å². The maximum atomic E-state index is 14.2. The lowest BCUT2D eigenvalue weighted by atomic mass is 9.59. The van der Waals surface area contributed by atoms with E-state index < -0.39 is 35.7 Å². The Bertz CT molecular complexity index is 911. The highest BCUT2D eigenvalue weighted by Gasteiger charge is 2.76. The SMILES string of the molecule is CC1=CC23C(=O)C(C=C(CO)C(O)C2(O)C1OC(=O)C1CCCC1)C1C(C[C@H]3C)C1(C)C. The summed E-state index contributed by atoms with van der Waals surface area (Å²) in [6.07, 6.45) is 5.10. The highest BCUT2D eigenvalue weighted by atomic mass is 16.6. The summed E-state index contributed by atoms with van der Waals surface area (Å²) in [4.78, 5) is 27.2. The van der Waals surface area contributed by atoms with Gasteiger partial charge in [0.25, 0.3) is 0 Å². The third kappa shape index (κ3) is 2.57. The van der Waals surface area contributed by atoms with Crippen LogP contribution in [-0.2, 0) is 14.3 Å². The molecule has 5 aliphatic carbocycles. The van der Waals surface area contributed by atoms with Crippen molar-refractivity contribution in [3.8, 4) is 0 Å². The first-order valence-electron chi connectivity index (χ1n) is 12.2. The molecule has 3 N–H and O–H groups in total. The number of hydrogen-bond acceptors (Lipinski definition) is 6. The number of esters is 1. The van der Waals surface area contributed by atoms with Gasteiger partial charge in [-0.1, -0.05) is 45.8 Å². The van der Waals surface area contributed by atoms with Gasteiger partial charge in [-0.3, -0.25) is 9.59 Å². The Hall–Kier alpha value is -1.50. The molecule has 1 spiro atoms. The van der Waals surface area contributed by atoms with Gasteiger partial charge in [-0.25, -0.2) is 0 Å². The summed E-state index contributed by atoms with van der Waals surface area (Å²) in [7, 11) is 0. The molecule has 176 valence electrons. The summed E-state index contributed by atoms with van der Waals surface area (Å²) >= 11 is 0. The van der Waals surface area contributed by atoms with Crippen molar-refractivity contribution in [3.63, 3.8) is 0 Å². The molecule has 6 nitrogen and oxygen atoms in total. The van der Waals surface area contributed by atoms with Gasteiger partial charge in [0.15, 0.2) is 17.5 Å². The quantitative estimate of drug-likeness (QED) is 0.457. The van der Waals surface area contributed by atoms with Crippen LogP contribution < -0.4 is 0 Å². The topological polar surface area (TPSA) is 104 Å². The fraction of sp³-hybridized carbons (Fsp3) is 0.769. The van der Waals surface area contributed by atoms with E-state index in [4.69, 9.17) is 4.74 Å². The third-order valence-corrected chi connectivity index (χ3v) is 9.82. The van der Waals surface area contributed by atoms with E-state index >= 15 is 0 Å². The number of aliphatic hydroxyl groups excluding tert-OH is 2. The molecule has 0 saturated heterocycles. The molecule has 0 amide bonds. The van der Waals surface area contributed by atoms with Gasteiger partial charge in [0.1, 0.15) is 6.10 Å². The first-order chi connectivity index (χ1) is 15.0. The van der Waals surface area contributed by atoms with E-state index in [1.54, 1.807) is 19.1 Å². The van der Waals surface area contributed by atoms with E-state index in [0.29, 0.717) is 11.5 Å². The second-order valence-corrected chi connectivity index (χ2v) is 11.7. The van der Waals surface area contributed by atoms with E-state index in [2.05, 4.69) is 13.8 Å². The lowest BCUT2D eigenvalue weighted by Gasteiger charge is -2.48. The average Bonchev–Trinajstić information content (AvgIpc) is 3.09. The molecule has 0 aromatic carbocycles. The Morgan fingerprint density at radius 2 is 1.91 bits per heavy atom. The van der Waals surface area contributed by atoms with Crippen molar-refractivity contribution >= 4 is 11.8 Å². The van der Waals surface area contributed by atoms with Crippen LogP contribution in [0.1, 0.15) is 59.8 Å². The first kappa shape index (κ1) is 22.3. The third-order valence-electron chi connectivity index (χ3n) is 9.82. The van der Waals surface area contributed by atoms with Crippen LogP contribution in [-0.4, -0.2) is 51.5 Å². The Labute approximate surface area is 189 Å². The van der Waals surface area contributed by atoms with Gasteiger partial charge in [0, 0.05) is 5.92 Å². The number of ketones is 1. The lowest BCUT2D eigenvalue weighted by molar-refractivity contribution is -0.205. The Kier molecular flexibility index (Phi) is 4.88. The lowest BCUT2D eigenvalue weighted by Crippen LogP contribution is -2.66. The number of allylic oxidation sites excluding steroid dienone is 1. The Balaban J connectivity index is 1.63. The second kappa shape index (κ2) is 7.00.